The number of ether oxygens (including phenoxy) is 1. The number of aliphatic hydroxyl groups excluding tert-OH is 2. The second-order valence-corrected chi connectivity index (χ2v) is 20.3. The smallest absolute Gasteiger partial charge is 0.305 e. The van der Waals surface area contributed by atoms with Crippen molar-refractivity contribution in [2.45, 2.75) is 341 Å². The molecule has 0 spiro atoms. The van der Waals surface area contributed by atoms with Gasteiger partial charge in [0, 0.05) is 12.8 Å². The van der Waals surface area contributed by atoms with Gasteiger partial charge in [0.25, 0.3) is 0 Å². The van der Waals surface area contributed by atoms with Gasteiger partial charge in [-0.2, -0.15) is 0 Å². The van der Waals surface area contributed by atoms with Gasteiger partial charge in [-0.25, -0.2) is 0 Å². The molecule has 0 saturated carbocycles. The maximum atomic E-state index is 12.5. The standard InChI is InChI=1S/C59H115NO5/c1-3-5-7-9-11-13-15-17-19-21-22-23-24-25-26-28-31-35-39-43-47-51-57(62)56(55-61)60-58(63)52-48-44-40-36-32-30-34-38-42-46-50-54-65-59(64)53-49-45-41-37-33-29-27-20-18-16-14-12-10-8-6-4-2/h34,38,56-57,61-62H,3-33,35-37,39-55H2,1-2H3,(H,60,63)/b38-34-. The average Bonchev–Trinajstić information content (AvgIpc) is 3.31. The van der Waals surface area contributed by atoms with E-state index in [1.807, 2.05) is 0 Å². The van der Waals surface area contributed by atoms with Crippen molar-refractivity contribution in [3.63, 3.8) is 0 Å². The number of allylic oxidation sites excluding steroid dienone is 2. The van der Waals surface area contributed by atoms with Crippen LogP contribution >= 0.6 is 0 Å². The van der Waals surface area contributed by atoms with Crippen molar-refractivity contribution in [1.82, 2.24) is 5.32 Å². The van der Waals surface area contributed by atoms with Crippen LogP contribution in [-0.4, -0.2) is 47.4 Å². The highest BCUT2D eigenvalue weighted by atomic mass is 16.5. The van der Waals surface area contributed by atoms with Crippen molar-refractivity contribution in [3.05, 3.63) is 12.2 Å². The molecular formula is C59H115NO5. The molecule has 1 amide bonds. The van der Waals surface area contributed by atoms with Crippen LogP contribution in [0.15, 0.2) is 12.2 Å². The third kappa shape index (κ3) is 51.8. The highest BCUT2D eigenvalue weighted by molar-refractivity contribution is 5.76. The molecule has 3 N–H and O–H groups in total. The minimum atomic E-state index is -0.682. The summed E-state index contributed by atoms with van der Waals surface area (Å²) in [6.45, 7) is 4.91. The summed E-state index contributed by atoms with van der Waals surface area (Å²) in [5.41, 5.74) is 0. The summed E-state index contributed by atoms with van der Waals surface area (Å²) in [4.78, 5) is 24.6. The lowest BCUT2D eigenvalue weighted by Gasteiger charge is -2.22. The molecule has 0 heterocycles. The number of amides is 1. The molecule has 2 unspecified atom stereocenters. The predicted octanol–water partition coefficient (Wildman–Crippen LogP) is 18.1. The van der Waals surface area contributed by atoms with E-state index in [1.165, 1.54) is 218 Å². The number of aliphatic hydroxyl groups is 2. The monoisotopic (exact) mass is 918 g/mol. The first-order valence-corrected chi connectivity index (χ1v) is 29.4. The highest BCUT2D eigenvalue weighted by Gasteiger charge is 2.20. The van der Waals surface area contributed by atoms with Gasteiger partial charge in [0.1, 0.15) is 0 Å². The number of carbonyl (C=O) groups excluding carboxylic acids is 2. The van der Waals surface area contributed by atoms with Crippen LogP contribution in [0.25, 0.3) is 0 Å². The molecule has 0 bridgehead atoms. The second kappa shape index (κ2) is 55.2. The van der Waals surface area contributed by atoms with Crippen molar-refractivity contribution in [1.29, 1.82) is 0 Å². The quantitative estimate of drug-likeness (QED) is 0.0321. The number of nitrogens with one attached hydrogen (secondary N) is 1. The fraction of sp³-hybridized carbons (Fsp3) is 0.932. The molecule has 0 aliphatic heterocycles. The van der Waals surface area contributed by atoms with Gasteiger partial charge < -0.3 is 20.3 Å². The number of carbonyl (C=O) groups is 2. The lowest BCUT2D eigenvalue weighted by Crippen LogP contribution is -2.45. The van der Waals surface area contributed by atoms with Gasteiger partial charge >= 0.3 is 5.97 Å². The van der Waals surface area contributed by atoms with E-state index in [0.717, 1.165) is 77.0 Å². The van der Waals surface area contributed by atoms with E-state index in [9.17, 15) is 19.8 Å². The zero-order valence-electron chi connectivity index (χ0n) is 44.0. The van der Waals surface area contributed by atoms with Gasteiger partial charge in [-0.1, -0.05) is 276 Å². The van der Waals surface area contributed by atoms with E-state index in [1.54, 1.807) is 0 Å². The summed E-state index contributed by atoms with van der Waals surface area (Å²) in [5.74, 6) is -0.0868. The molecule has 0 saturated heterocycles. The highest BCUT2D eigenvalue weighted by Crippen LogP contribution is 2.18. The van der Waals surface area contributed by atoms with Crippen LogP contribution in [0.3, 0.4) is 0 Å². The largest absolute Gasteiger partial charge is 0.466 e. The second-order valence-electron chi connectivity index (χ2n) is 20.3. The molecule has 2 atom stereocenters. The Kier molecular flexibility index (Phi) is 54.0. The van der Waals surface area contributed by atoms with E-state index >= 15 is 0 Å². The molecule has 0 radical (unpaired) electrons. The van der Waals surface area contributed by atoms with Crippen LogP contribution in [-0.2, 0) is 14.3 Å². The third-order valence-electron chi connectivity index (χ3n) is 13.8. The first-order valence-electron chi connectivity index (χ1n) is 29.4. The van der Waals surface area contributed by atoms with Crippen LogP contribution in [0.1, 0.15) is 328 Å². The first-order chi connectivity index (χ1) is 32.0. The molecule has 65 heavy (non-hydrogen) atoms. The van der Waals surface area contributed by atoms with Crippen LogP contribution < -0.4 is 5.32 Å². The van der Waals surface area contributed by atoms with Crippen molar-refractivity contribution in [2.75, 3.05) is 13.2 Å². The zero-order chi connectivity index (χ0) is 47.2. The number of hydrogen-bond acceptors (Lipinski definition) is 5. The molecule has 0 aromatic heterocycles. The van der Waals surface area contributed by atoms with Gasteiger partial charge in [-0.3, -0.25) is 9.59 Å². The Labute approximate surface area is 406 Å². The molecule has 0 aliphatic rings. The van der Waals surface area contributed by atoms with Gasteiger partial charge in [-0.15, -0.1) is 0 Å². The van der Waals surface area contributed by atoms with Crippen molar-refractivity contribution >= 4 is 11.9 Å². The number of rotatable bonds is 55. The van der Waals surface area contributed by atoms with Gasteiger partial charge in [0.15, 0.2) is 0 Å². The molecule has 0 aromatic rings. The summed E-state index contributed by atoms with van der Waals surface area (Å²) in [7, 11) is 0. The Morgan fingerprint density at radius 3 is 1.09 bits per heavy atom. The number of esters is 1. The normalized spacial score (nSPS) is 12.6. The van der Waals surface area contributed by atoms with Crippen LogP contribution in [0.5, 0.6) is 0 Å². The summed E-state index contributed by atoms with van der Waals surface area (Å²) in [6, 6.07) is -0.562. The zero-order valence-corrected chi connectivity index (χ0v) is 44.0. The summed E-state index contributed by atoms with van der Waals surface area (Å²) in [5, 5.41) is 23.3. The lowest BCUT2D eigenvalue weighted by atomic mass is 10.0. The third-order valence-corrected chi connectivity index (χ3v) is 13.8. The Morgan fingerprint density at radius 1 is 0.415 bits per heavy atom. The van der Waals surface area contributed by atoms with E-state index in [0.29, 0.717) is 25.9 Å². The van der Waals surface area contributed by atoms with Gasteiger partial charge in [0.05, 0.1) is 25.4 Å². The molecule has 0 fully saturated rings. The van der Waals surface area contributed by atoms with Gasteiger partial charge in [0.2, 0.25) is 5.91 Å². The van der Waals surface area contributed by atoms with Crippen LogP contribution in [0.2, 0.25) is 0 Å². The van der Waals surface area contributed by atoms with E-state index in [-0.39, 0.29) is 18.5 Å². The van der Waals surface area contributed by atoms with Crippen LogP contribution in [0.4, 0.5) is 0 Å². The topological polar surface area (TPSA) is 95.9 Å². The molecule has 0 aliphatic carbocycles. The maximum Gasteiger partial charge on any atom is 0.305 e. The maximum absolute atomic E-state index is 12.5. The fourth-order valence-corrected chi connectivity index (χ4v) is 9.28. The van der Waals surface area contributed by atoms with Crippen molar-refractivity contribution in [3.8, 4) is 0 Å². The summed E-state index contributed by atoms with van der Waals surface area (Å²) < 4.78 is 5.45. The lowest BCUT2D eigenvalue weighted by molar-refractivity contribution is -0.143. The Bertz CT molecular complexity index is 970. The van der Waals surface area contributed by atoms with E-state index in [4.69, 9.17) is 4.74 Å². The molecule has 6 nitrogen and oxygen atoms in total. The average molecular weight is 919 g/mol. The van der Waals surface area contributed by atoms with Gasteiger partial charge in [-0.05, 0) is 51.4 Å². The fourth-order valence-electron chi connectivity index (χ4n) is 9.28. The van der Waals surface area contributed by atoms with Crippen LogP contribution in [0, 0.1) is 0 Å². The summed E-state index contributed by atoms with van der Waals surface area (Å²) >= 11 is 0. The Balaban J connectivity index is 3.48. The minimum absolute atomic E-state index is 0.0266. The molecule has 6 heteroatoms. The predicted molar refractivity (Wildman–Crippen MR) is 283 cm³/mol. The number of hydrogen-bond donors (Lipinski definition) is 3. The van der Waals surface area contributed by atoms with E-state index in [2.05, 4.69) is 31.3 Å². The first kappa shape index (κ1) is 63.6. The Hall–Kier alpha value is -1.40. The van der Waals surface area contributed by atoms with Crippen molar-refractivity contribution in [2.24, 2.45) is 0 Å². The molecule has 0 rings (SSSR count). The molecular weight excluding hydrogens is 803 g/mol. The summed E-state index contributed by atoms with van der Waals surface area (Å²) in [6.07, 6.45) is 64.9. The minimum Gasteiger partial charge on any atom is -0.466 e. The SMILES string of the molecule is CCCCCCCCCCCCCCCCCCCCCCCC(O)C(CO)NC(=O)CCCCCCC/C=C\CCCCOC(=O)CCCCCCCCCCCCCCCCCC. The van der Waals surface area contributed by atoms with E-state index < -0.39 is 12.1 Å². The molecule has 386 valence electrons. The van der Waals surface area contributed by atoms with Crippen molar-refractivity contribution < 1.29 is 24.5 Å². The molecule has 0 aromatic carbocycles. The Morgan fingerprint density at radius 2 is 0.723 bits per heavy atom. The number of unbranched alkanes of at least 4 members (excludes halogenated alkanes) is 42.